The quantitative estimate of drug-likeness (QED) is 0.883. The van der Waals surface area contributed by atoms with E-state index in [4.69, 9.17) is 4.74 Å². The van der Waals surface area contributed by atoms with Gasteiger partial charge >= 0.3 is 5.97 Å². The maximum atomic E-state index is 13.0. The molecule has 5 nitrogen and oxygen atoms in total. The van der Waals surface area contributed by atoms with Gasteiger partial charge in [-0.1, -0.05) is 42.5 Å². The number of rotatable bonds is 4. The van der Waals surface area contributed by atoms with Crippen LogP contribution in [0.3, 0.4) is 0 Å². The summed E-state index contributed by atoms with van der Waals surface area (Å²) >= 11 is 0. The summed E-state index contributed by atoms with van der Waals surface area (Å²) in [4.78, 5) is 26.4. The molecule has 2 aliphatic rings. The topological polar surface area (TPSA) is 66.8 Å². The van der Waals surface area contributed by atoms with Crippen molar-refractivity contribution in [2.75, 3.05) is 19.7 Å². The first kappa shape index (κ1) is 18.7. The van der Waals surface area contributed by atoms with E-state index in [1.54, 1.807) is 12.1 Å². The Labute approximate surface area is 164 Å². The van der Waals surface area contributed by atoms with Crippen molar-refractivity contribution in [2.45, 2.75) is 31.8 Å². The maximum absolute atomic E-state index is 13.0. The summed E-state index contributed by atoms with van der Waals surface area (Å²) in [5, 5.41) is 9.37. The Bertz CT molecular complexity index is 870. The largest absolute Gasteiger partial charge is 0.478 e. The van der Waals surface area contributed by atoms with Gasteiger partial charge in [-0.2, -0.15) is 0 Å². The van der Waals surface area contributed by atoms with Crippen LogP contribution in [0.4, 0.5) is 0 Å². The molecule has 1 saturated heterocycles. The van der Waals surface area contributed by atoms with Gasteiger partial charge in [0.15, 0.2) is 6.10 Å². The van der Waals surface area contributed by atoms with Crippen molar-refractivity contribution in [2.24, 2.45) is 5.92 Å². The van der Waals surface area contributed by atoms with Crippen molar-refractivity contribution in [3.63, 3.8) is 0 Å². The SMILES string of the molecule is O=C(O)c1ccccc1CC1CCN(C(=O)C2OCCc3ccccc32)CC1. The molecular weight excluding hydrogens is 354 g/mol. The lowest BCUT2D eigenvalue weighted by atomic mass is 9.88. The number of hydrogen-bond donors (Lipinski definition) is 1. The van der Waals surface area contributed by atoms with Crippen LogP contribution in [0.15, 0.2) is 48.5 Å². The molecule has 5 heteroatoms. The molecule has 2 heterocycles. The second-order valence-corrected chi connectivity index (χ2v) is 7.63. The van der Waals surface area contributed by atoms with E-state index in [2.05, 4.69) is 6.07 Å². The standard InChI is InChI=1S/C23H25NO4/c25-22(21-19-7-3-1-5-17(19)11-14-28-21)24-12-9-16(10-13-24)15-18-6-2-4-8-20(18)23(26)27/h1-8,16,21H,9-15H2,(H,26,27). The van der Waals surface area contributed by atoms with E-state index in [0.29, 0.717) is 31.2 Å². The maximum Gasteiger partial charge on any atom is 0.335 e. The molecule has 2 aromatic carbocycles. The monoisotopic (exact) mass is 379 g/mol. The van der Waals surface area contributed by atoms with Gasteiger partial charge < -0.3 is 14.7 Å². The number of nitrogens with zero attached hydrogens (tertiary/aromatic N) is 1. The van der Waals surface area contributed by atoms with Gasteiger partial charge in [-0.3, -0.25) is 4.79 Å². The molecule has 1 unspecified atom stereocenters. The first-order chi connectivity index (χ1) is 13.6. The number of carboxylic acid groups (broad SMARTS) is 1. The van der Waals surface area contributed by atoms with E-state index < -0.39 is 12.1 Å². The molecule has 0 aromatic heterocycles. The van der Waals surface area contributed by atoms with Crippen LogP contribution < -0.4 is 0 Å². The zero-order chi connectivity index (χ0) is 19.5. The molecule has 1 amide bonds. The van der Waals surface area contributed by atoms with E-state index in [1.807, 2.05) is 35.2 Å². The highest BCUT2D eigenvalue weighted by Gasteiger charge is 2.33. The van der Waals surface area contributed by atoms with Gasteiger partial charge in [0, 0.05) is 13.1 Å². The van der Waals surface area contributed by atoms with Gasteiger partial charge in [-0.15, -0.1) is 0 Å². The number of aromatic carboxylic acids is 1. The van der Waals surface area contributed by atoms with Crippen molar-refractivity contribution < 1.29 is 19.4 Å². The summed E-state index contributed by atoms with van der Waals surface area (Å²) in [7, 11) is 0. The highest BCUT2D eigenvalue weighted by Crippen LogP contribution is 2.31. The third kappa shape index (κ3) is 3.80. The van der Waals surface area contributed by atoms with Crippen molar-refractivity contribution in [1.82, 2.24) is 4.90 Å². The Hall–Kier alpha value is -2.66. The van der Waals surface area contributed by atoms with Crippen LogP contribution in [0.2, 0.25) is 0 Å². The van der Waals surface area contributed by atoms with Crippen molar-refractivity contribution in [3.8, 4) is 0 Å². The summed E-state index contributed by atoms with van der Waals surface area (Å²) in [6, 6.07) is 15.2. The number of amides is 1. The number of benzene rings is 2. The van der Waals surface area contributed by atoms with Crippen molar-refractivity contribution >= 4 is 11.9 Å². The molecule has 0 aliphatic carbocycles. The summed E-state index contributed by atoms with van der Waals surface area (Å²) in [5.41, 5.74) is 3.46. The van der Waals surface area contributed by atoms with Gasteiger partial charge in [-0.05, 0) is 54.4 Å². The minimum atomic E-state index is -0.878. The van der Waals surface area contributed by atoms with Gasteiger partial charge in [0.2, 0.25) is 0 Å². The smallest absolute Gasteiger partial charge is 0.335 e. The van der Waals surface area contributed by atoms with Crippen molar-refractivity contribution in [3.05, 3.63) is 70.8 Å². The molecule has 2 aliphatic heterocycles. The molecule has 0 spiro atoms. The van der Waals surface area contributed by atoms with E-state index in [1.165, 1.54) is 5.56 Å². The lowest BCUT2D eigenvalue weighted by Gasteiger charge is -2.36. The van der Waals surface area contributed by atoms with Crippen LogP contribution in [0.25, 0.3) is 0 Å². The zero-order valence-corrected chi connectivity index (χ0v) is 15.8. The van der Waals surface area contributed by atoms with E-state index >= 15 is 0 Å². The van der Waals surface area contributed by atoms with E-state index in [9.17, 15) is 14.7 Å². The summed E-state index contributed by atoms with van der Waals surface area (Å²) < 4.78 is 5.83. The third-order valence-electron chi connectivity index (χ3n) is 5.90. The van der Waals surface area contributed by atoms with E-state index in [0.717, 1.165) is 36.8 Å². The number of ether oxygens (including phenoxy) is 1. The highest BCUT2D eigenvalue weighted by molar-refractivity contribution is 5.89. The van der Waals surface area contributed by atoms with Crippen molar-refractivity contribution in [1.29, 1.82) is 0 Å². The Morgan fingerprint density at radius 1 is 1.04 bits per heavy atom. The van der Waals surface area contributed by atoms with E-state index in [-0.39, 0.29) is 5.91 Å². The molecule has 0 radical (unpaired) electrons. The molecule has 1 fully saturated rings. The predicted octanol–water partition coefficient (Wildman–Crippen LogP) is 3.48. The second-order valence-electron chi connectivity index (χ2n) is 7.63. The molecular formula is C23H25NO4. The molecule has 0 saturated carbocycles. The van der Waals surface area contributed by atoms with Crippen LogP contribution in [-0.2, 0) is 22.4 Å². The van der Waals surface area contributed by atoms with Crippen LogP contribution >= 0.6 is 0 Å². The minimum Gasteiger partial charge on any atom is -0.478 e. The van der Waals surface area contributed by atoms with Gasteiger partial charge in [0.05, 0.1) is 12.2 Å². The molecule has 146 valence electrons. The first-order valence-corrected chi connectivity index (χ1v) is 9.93. The number of carboxylic acids is 1. The van der Waals surface area contributed by atoms with Crippen LogP contribution in [0, 0.1) is 5.92 Å². The average molecular weight is 379 g/mol. The fourth-order valence-electron chi connectivity index (χ4n) is 4.34. The Kier molecular flexibility index (Phi) is 5.44. The number of carbonyl (C=O) groups is 2. The lowest BCUT2D eigenvalue weighted by Crippen LogP contribution is -2.43. The van der Waals surface area contributed by atoms with Gasteiger partial charge in [-0.25, -0.2) is 4.79 Å². The average Bonchev–Trinajstić information content (AvgIpc) is 2.73. The molecule has 0 bridgehead atoms. The molecule has 1 N–H and O–H groups in total. The van der Waals surface area contributed by atoms with Crippen LogP contribution in [-0.4, -0.2) is 41.6 Å². The first-order valence-electron chi connectivity index (χ1n) is 9.93. The molecule has 4 rings (SSSR count). The fourth-order valence-corrected chi connectivity index (χ4v) is 4.34. The number of hydrogen-bond acceptors (Lipinski definition) is 3. The normalized spacial score (nSPS) is 19.9. The summed E-state index contributed by atoms with van der Waals surface area (Å²) in [6.07, 6.45) is 2.87. The summed E-state index contributed by atoms with van der Waals surface area (Å²) in [6.45, 7) is 1.97. The number of piperidine rings is 1. The Balaban J connectivity index is 1.39. The molecule has 1 atom stereocenters. The lowest BCUT2D eigenvalue weighted by molar-refractivity contribution is -0.146. The second kappa shape index (κ2) is 8.15. The highest BCUT2D eigenvalue weighted by atomic mass is 16.5. The van der Waals surface area contributed by atoms with Crippen LogP contribution in [0.1, 0.15) is 46.0 Å². The van der Waals surface area contributed by atoms with Gasteiger partial charge in [0.25, 0.3) is 5.91 Å². The van der Waals surface area contributed by atoms with Crippen LogP contribution in [0.5, 0.6) is 0 Å². The predicted molar refractivity (Wildman–Crippen MR) is 105 cm³/mol. The van der Waals surface area contributed by atoms with Gasteiger partial charge in [0.1, 0.15) is 0 Å². The molecule has 2 aromatic rings. The number of fused-ring (bicyclic) bond motifs is 1. The summed E-state index contributed by atoms with van der Waals surface area (Å²) in [5.74, 6) is -0.433. The number of carbonyl (C=O) groups excluding carboxylic acids is 1. The number of likely N-dealkylation sites (tertiary alicyclic amines) is 1. The Morgan fingerprint density at radius 3 is 2.54 bits per heavy atom. The third-order valence-corrected chi connectivity index (χ3v) is 5.90. The Morgan fingerprint density at radius 2 is 1.75 bits per heavy atom. The molecule has 28 heavy (non-hydrogen) atoms. The minimum absolute atomic E-state index is 0.0523. The fraction of sp³-hybridized carbons (Fsp3) is 0.391. The zero-order valence-electron chi connectivity index (χ0n) is 15.8.